The van der Waals surface area contributed by atoms with Gasteiger partial charge in [0.25, 0.3) is 0 Å². The highest BCUT2D eigenvalue weighted by atomic mass is 16.5. The van der Waals surface area contributed by atoms with E-state index < -0.39 is 0 Å². The topological polar surface area (TPSA) is 67.9 Å². The largest absolute Gasteiger partial charge is 0.497 e. The Morgan fingerprint density at radius 1 is 1.17 bits per heavy atom. The van der Waals surface area contributed by atoms with Crippen LogP contribution in [0.25, 0.3) is 0 Å². The summed E-state index contributed by atoms with van der Waals surface area (Å²) < 4.78 is 10.4. The number of rotatable bonds is 6. The fraction of sp³-hybridized carbons (Fsp3) is 0.529. The number of hydrogen-bond donors (Lipinski definition) is 1. The molecule has 0 bridgehead atoms. The molecule has 0 saturated heterocycles. The molecule has 6 heteroatoms. The lowest BCUT2D eigenvalue weighted by atomic mass is 10.1. The van der Waals surface area contributed by atoms with E-state index in [1.807, 2.05) is 20.8 Å². The van der Waals surface area contributed by atoms with Gasteiger partial charge < -0.3 is 19.7 Å². The van der Waals surface area contributed by atoms with E-state index in [1.54, 1.807) is 39.5 Å². The lowest BCUT2D eigenvalue weighted by molar-refractivity contribution is -0.134. The molecule has 2 amide bonds. The number of nitrogens with one attached hydrogen (secondary N) is 1. The number of amides is 2. The minimum Gasteiger partial charge on any atom is -0.497 e. The molecule has 0 aliphatic rings. The number of hydrogen-bond acceptors (Lipinski definition) is 4. The molecule has 0 fully saturated rings. The van der Waals surface area contributed by atoms with E-state index in [0.717, 1.165) is 5.56 Å². The Hall–Kier alpha value is -2.24. The second-order valence-electron chi connectivity index (χ2n) is 6.40. The number of methoxy groups -OCH3 is 2. The minimum atomic E-state index is -0.322. The summed E-state index contributed by atoms with van der Waals surface area (Å²) in [5.41, 5.74) is 0.400. The second kappa shape index (κ2) is 7.85. The predicted octanol–water partition coefficient (Wildman–Crippen LogP) is 1.62. The van der Waals surface area contributed by atoms with Crippen molar-refractivity contribution >= 4 is 11.8 Å². The molecular formula is C17H26N2O4. The van der Waals surface area contributed by atoms with Crippen LogP contribution in [0, 0.1) is 0 Å². The molecule has 0 radical (unpaired) electrons. The number of benzene rings is 1. The molecule has 0 saturated carbocycles. The maximum absolute atomic E-state index is 12.3. The number of nitrogens with zero attached hydrogens (tertiary/aromatic N) is 1. The van der Waals surface area contributed by atoms with Gasteiger partial charge in [-0.3, -0.25) is 9.59 Å². The van der Waals surface area contributed by atoms with Gasteiger partial charge in [-0.2, -0.15) is 0 Å². The van der Waals surface area contributed by atoms with E-state index in [0.29, 0.717) is 11.5 Å². The van der Waals surface area contributed by atoms with Crippen molar-refractivity contribution in [2.75, 3.05) is 27.8 Å². The Bertz CT molecular complexity index is 564. The van der Waals surface area contributed by atoms with Crippen LogP contribution in [0.4, 0.5) is 0 Å². The minimum absolute atomic E-state index is 0.0163. The first-order chi connectivity index (χ1) is 10.7. The van der Waals surface area contributed by atoms with Crippen molar-refractivity contribution < 1.29 is 19.1 Å². The van der Waals surface area contributed by atoms with E-state index in [9.17, 15) is 9.59 Å². The van der Waals surface area contributed by atoms with Crippen molar-refractivity contribution in [1.29, 1.82) is 0 Å². The average Bonchev–Trinajstić information content (AvgIpc) is 2.44. The Kier molecular flexibility index (Phi) is 6.42. The number of carbonyl (C=O) groups excluding carboxylic acids is 2. The maximum Gasteiger partial charge on any atom is 0.240 e. The van der Waals surface area contributed by atoms with E-state index in [-0.39, 0.29) is 30.3 Å². The third kappa shape index (κ3) is 6.18. The van der Waals surface area contributed by atoms with Gasteiger partial charge in [-0.05, 0) is 39.0 Å². The first-order valence-electron chi connectivity index (χ1n) is 7.42. The van der Waals surface area contributed by atoms with Gasteiger partial charge in [-0.15, -0.1) is 0 Å². The molecule has 1 rings (SSSR count). The van der Waals surface area contributed by atoms with Gasteiger partial charge in [0.05, 0.1) is 27.2 Å². The Labute approximate surface area is 137 Å². The van der Waals surface area contributed by atoms with Crippen LogP contribution in [0.3, 0.4) is 0 Å². The van der Waals surface area contributed by atoms with Gasteiger partial charge in [0.2, 0.25) is 11.8 Å². The Morgan fingerprint density at radius 3 is 2.35 bits per heavy atom. The maximum atomic E-state index is 12.3. The highest BCUT2D eigenvalue weighted by molar-refractivity contribution is 5.86. The molecule has 0 aromatic heterocycles. The highest BCUT2D eigenvalue weighted by Gasteiger charge is 2.19. The highest BCUT2D eigenvalue weighted by Crippen LogP contribution is 2.24. The monoisotopic (exact) mass is 322 g/mol. The van der Waals surface area contributed by atoms with Gasteiger partial charge in [0.1, 0.15) is 11.5 Å². The molecule has 1 N–H and O–H groups in total. The van der Waals surface area contributed by atoms with E-state index >= 15 is 0 Å². The lowest BCUT2D eigenvalue weighted by Gasteiger charge is -2.23. The van der Waals surface area contributed by atoms with Crippen LogP contribution in [0.1, 0.15) is 26.3 Å². The number of carbonyl (C=O) groups is 2. The summed E-state index contributed by atoms with van der Waals surface area (Å²) in [6.07, 6.45) is 0.139. The SMILES string of the molecule is COc1ccc(OC)c(CC(=O)N(C)CC(=O)NC(C)(C)C)c1. The van der Waals surface area contributed by atoms with Crippen LogP contribution in [-0.4, -0.2) is 50.1 Å². The Balaban J connectivity index is 2.73. The van der Waals surface area contributed by atoms with Gasteiger partial charge in [-0.1, -0.05) is 0 Å². The first-order valence-corrected chi connectivity index (χ1v) is 7.42. The molecule has 0 unspecified atom stereocenters. The lowest BCUT2D eigenvalue weighted by Crippen LogP contribution is -2.46. The molecule has 6 nitrogen and oxygen atoms in total. The molecule has 23 heavy (non-hydrogen) atoms. The summed E-state index contributed by atoms with van der Waals surface area (Å²) in [7, 11) is 4.73. The second-order valence-corrected chi connectivity index (χ2v) is 6.40. The normalized spacial score (nSPS) is 10.9. The van der Waals surface area contributed by atoms with Crippen molar-refractivity contribution in [2.24, 2.45) is 0 Å². The van der Waals surface area contributed by atoms with Gasteiger partial charge >= 0.3 is 0 Å². The molecule has 1 aromatic rings. The molecule has 1 aromatic carbocycles. The first kappa shape index (κ1) is 18.8. The summed E-state index contributed by atoms with van der Waals surface area (Å²) in [5.74, 6) is 0.917. The predicted molar refractivity (Wildman–Crippen MR) is 88.8 cm³/mol. The molecule has 128 valence electrons. The van der Waals surface area contributed by atoms with E-state index in [4.69, 9.17) is 9.47 Å². The molecule has 0 aliphatic carbocycles. The van der Waals surface area contributed by atoms with E-state index in [2.05, 4.69) is 5.32 Å². The number of likely N-dealkylation sites (N-methyl/N-ethyl adjacent to an activating group) is 1. The fourth-order valence-corrected chi connectivity index (χ4v) is 2.08. The van der Waals surface area contributed by atoms with E-state index in [1.165, 1.54) is 4.90 Å². The number of ether oxygens (including phenoxy) is 2. The fourth-order valence-electron chi connectivity index (χ4n) is 2.08. The zero-order chi connectivity index (χ0) is 17.6. The van der Waals surface area contributed by atoms with Gasteiger partial charge in [0.15, 0.2) is 0 Å². The third-order valence-electron chi connectivity index (χ3n) is 3.15. The molecule has 0 aliphatic heterocycles. The van der Waals surface area contributed by atoms with Crippen molar-refractivity contribution in [3.8, 4) is 11.5 Å². The molecule has 0 spiro atoms. The summed E-state index contributed by atoms with van der Waals surface area (Å²) in [5, 5.41) is 2.83. The van der Waals surface area contributed by atoms with Crippen LogP contribution < -0.4 is 14.8 Å². The van der Waals surface area contributed by atoms with Crippen molar-refractivity contribution in [3.63, 3.8) is 0 Å². The standard InChI is InChI=1S/C17H26N2O4/c1-17(2,3)18-15(20)11-19(4)16(21)10-12-9-13(22-5)7-8-14(12)23-6/h7-9H,10-11H2,1-6H3,(H,18,20). The van der Waals surface area contributed by atoms with Gasteiger partial charge in [-0.25, -0.2) is 0 Å². The third-order valence-corrected chi connectivity index (χ3v) is 3.15. The van der Waals surface area contributed by atoms with Crippen LogP contribution in [0.15, 0.2) is 18.2 Å². The average molecular weight is 322 g/mol. The zero-order valence-electron chi connectivity index (χ0n) is 14.7. The van der Waals surface area contributed by atoms with Crippen LogP contribution in [0.2, 0.25) is 0 Å². The summed E-state index contributed by atoms with van der Waals surface area (Å²) in [6.45, 7) is 5.71. The quantitative estimate of drug-likeness (QED) is 0.864. The summed E-state index contributed by atoms with van der Waals surface area (Å²) in [6, 6.07) is 5.29. The Morgan fingerprint density at radius 2 is 1.83 bits per heavy atom. The van der Waals surface area contributed by atoms with Crippen molar-refractivity contribution in [1.82, 2.24) is 10.2 Å². The molecule has 0 heterocycles. The van der Waals surface area contributed by atoms with Crippen LogP contribution in [0.5, 0.6) is 11.5 Å². The smallest absolute Gasteiger partial charge is 0.240 e. The van der Waals surface area contributed by atoms with Crippen LogP contribution in [-0.2, 0) is 16.0 Å². The zero-order valence-corrected chi connectivity index (χ0v) is 14.7. The van der Waals surface area contributed by atoms with Crippen molar-refractivity contribution in [2.45, 2.75) is 32.7 Å². The molecule has 0 atom stereocenters. The molecular weight excluding hydrogens is 296 g/mol. The van der Waals surface area contributed by atoms with Crippen molar-refractivity contribution in [3.05, 3.63) is 23.8 Å². The summed E-state index contributed by atoms with van der Waals surface area (Å²) >= 11 is 0. The summed E-state index contributed by atoms with van der Waals surface area (Å²) in [4.78, 5) is 25.6. The van der Waals surface area contributed by atoms with Crippen LogP contribution >= 0.6 is 0 Å². The van der Waals surface area contributed by atoms with Gasteiger partial charge in [0, 0.05) is 18.2 Å².